The summed E-state index contributed by atoms with van der Waals surface area (Å²) in [6.07, 6.45) is 2.45. The van der Waals surface area contributed by atoms with Gasteiger partial charge < -0.3 is 5.11 Å². The summed E-state index contributed by atoms with van der Waals surface area (Å²) < 4.78 is 0. The van der Waals surface area contributed by atoms with Gasteiger partial charge in [0.05, 0.1) is 6.10 Å². The number of aliphatic hydroxyl groups is 1. The van der Waals surface area contributed by atoms with Crippen LogP contribution in [0.1, 0.15) is 19.3 Å². The van der Waals surface area contributed by atoms with Crippen LogP contribution in [0.4, 0.5) is 0 Å². The van der Waals surface area contributed by atoms with Crippen LogP contribution in [-0.2, 0) is 0 Å². The monoisotopic (exact) mass is 212 g/mol. The lowest BCUT2D eigenvalue weighted by Gasteiger charge is -2.25. The van der Waals surface area contributed by atoms with Gasteiger partial charge in [0.2, 0.25) is 0 Å². The molecule has 1 N–H and O–H groups in total. The van der Waals surface area contributed by atoms with Crippen LogP contribution in [0, 0.1) is 0 Å². The average Bonchev–Trinajstić information content (AvgIpc) is 1.80. The summed E-state index contributed by atoms with van der Waals surface area (Å²) in [5.41, 5.74) is 0. The van der Waals surface area contributed by atoms with Gasteiger partial charge in [-0.05, 0) is 19.3 Å². The predicted molar refractivity (Wildman–Crippen MR) is 42.2 cm³/mol. The molecule has 0 bridgehead atoms. The fourth-order valence-corrected chi connectivity index (χ4v) is 1.87. The van der Waals surface area contributed by atoms with Crippen molar-refractivity contribution in [2.45, 2.75) is 35.6 Å². The molecular weight excluding hydrogens is 203 g/mol. The molecule has 0 spiro atoms. The Hall–Kier alpha value is 0.730. The third kappa shape index (κ3) is 2.10. The summed E-state index contributed by atoms with van der Waals surface area (Å²) in [5.74, 6) is 0. The molecule has 1 saturated carbocycles. The smallest absolute Gasteiger partial charge is 0.0555 e. The molecule has 0 amide bonds. The molecular formula is C6H10BrClO. The standard InChI is InChI=1S/C6H10BrClO/c7-5-2-1-4(9)3-6(5)8/h4-6,9H,1-3H2. The molecule has 1 aliphatic rings. The Balaban J connectivity index is 2.35. The second-order valence-corrected chi connectivity index (χ2v) is 4.24. The maximum atomic E-state index is 9.09. The maximum absolute atomic E-state index is 9.09. The Morgan fingerprint density at radius 3 is 2.56 bits per heavy atom. The summed E-state index contributed by atoms with van der Waals surface area (Å²) in [7, 11) is 0. The highest BCUT2D eigenvalue weighted by atomic mass is 79.9. The van der Waals surface area contributed by atoms with E-state index in [1.54, 1.807) is 0 Å². The lowest BCUT2D eigenvalue weighted by Crippen LogP contribution is -2.28. The molecule has 1 fully saturated rings. The van der Waals surface area contributed by atoms with Crippen molar-refractivity contribution in [3.8, 4) is 0 Å². The van der Waals surface area contributed by atoms with Crippen molar-refractivity contribution < 1.29 is 5.11 Å². The van der Waals surface area contributed by atoms with E-state index in [-0.39, 0.29) is 11.5 Å². The number of halogens is 2. The molecule has 0 heterocycles. The Kier molecular flexibility index (Phi) is 2.80. The number of hydrogen-bond donors (Lipinski definition) is 1. The van der Waals surface area contributed by atoms with Crippen molar-refractivity contribution in [1.82, 2.24) is 0 Å². The van der Waals surface area contributed by atoms with Crippen molar-refractivity contribution in [1.29, 1.82) is 0 Å². The molecule has 3 unspecified atom stereocenters. The van der Waals surface area contributed by atoms with Gasteiger partial charge in [-0.15, -0.1) is 11.6 Å². The molecule has 54 valence electrons. The van der Waals surface area contributed by atoms with E-state index in [0.29, 0.717) is 4.83 Å². The Morgan fingerprint density at radius 2 is 2.11 bits per heavy atom. The van der Waals surface area contributed by atoms with Crippen molar-refractivity contribution >= 4 is 27.5 Å². The van der Waals surface area contributed by atoms with Crippen LogP contribution in [0.5, 0.6) is 0 Å². The zero-order valence-corrected chi connectivity index (χ0v) is 7.40. The van der Waals surface area contributed by atoms with Crippen LogP contribution in [0.25, 0.3) is 0 Å². The van der Waals surface area contributed by atoms with Gasteiger partial charge in [0.15, 0.2) is 0 Å². The number of alkyl halides is 2. The van der Waals surface area contributed by atoms with E-state index in [4.69, 9.17) is 16.7 Å². The molecule has 1 rings (SSSR count). The summed E-state index contributed by atoms with van der Waals surface area (Å²) >= 11 is 9.29. The SMILES string of the molecule is OC1CCC(Br)C(Cl)C1. The summed E-state index contributed by atoms with van der Waals surface area (Å²) in [6.45, 7) is 0. The number of aliphatic hydroxyl groups excluding tert-OH is 1. The van der Waals surface area contributed by atoms with Crippen molar-refractivity contribution in [2.24, 2.45) is 0 Å². The van der Waals surface area contributed by atoms with Crippen LogP contribution in [0.2, 0.25) is 0 Å². The van der Waals surface area contributed by atoms with Gasteiger partial charge >= 0.3 is 0 Å². The van der Waals surface area contributed by atoms with Gasteiger partial charge in [0.25, 0.3) is 0 Å². The average molecular weight is 214 g/mol. The molecule has 3 heteroatoms. The van der Waals surface area contributed by atoms with E-state index in [9.17, 15) is 0 Å². The summed E-state index contributed by atoms with van der Waals surface area (Å²) in [4.78, 5) is 0.405. The third-order valence-corrected chi connectivity index (χ3v) is 3.55. The van der Waals surface area contributed by atoms with E-state index in [0.717, 1.165) is 19.3 Å². The first-order chi connectivity index (χ1) is 4.20. The van der Waals surface area contributed by atoms with Gasteiger partial charge in [-0.1, -0.05) is 15.9 Å². The van der Waals surface area contributed by atoms with Crippen LogP contribution in [0.15, 0.2) is 0 Å². The highest BCUT2D eigenvalue weighted by molar-refractivity contribution is 9.09. The predicted octanol–water partition coefficient (Wildman–Crippen LogP) is 1.90. The van der Waals surface area contributed by atoms with Crippen LogP contribution < -0.4 is 0 Å². The minimum Gasteiger partial charge on any atom is -0.393 e. The number of hydrogen-bond acceptors (Lipinski definition) is 1. The Bertz CT molecular complexity index is 99.1. The normalized spacial score (nSPS) is 45.0. The second-order valence-electron chi connectivity index (χ2n) is 2.50. The summed E-state index contributed by atoms with van der Waals surface area (Å²) in [6, 6.07) is 0. The highest BCUT2D eigenvalue weighted by Gasteiger charge is 2.25. The molecule has 0 saturated heterocycles. The number of rotatable bonds is 0. The minimum absolute atomic E-state index is 0.119. The van der Waals surface area contributed by atoms with E-state index >= 15 is 0 Å². The molecule has 0 aliphatic heterocycles. The van der Waals surface area contributed by atoms with Crippen LogP contribution >= 0.6 is 27.5 Å². The lowest BCUT2D eigenvalue weighted by atomic mass is 9.97. The molecule has 0 radical (unpaired) electrons. The van der Waals surface area contributed by atoms with Crippen molar-refractivity contribution in [2.75, 3.05) is 0 Å². The van der Waals surface area contributed by atoms with Gasteiger partial charge in [-0.3, -0.25) is 0 Å². The van der Waals surface area contributed by atoms with Crippen LogP contribution in [-0.4, -0.2) is 21.4 Å². The molecule has 9 heavy (non-hydrogen) atoms. The molecule has 0 aromatic carbocycles. The minimum atomic E-state index is -0.165. The lowest BCUT2D eigenvalue weighted by molar-refractivity contribution is 0.134. The van der Waals surface area contributed by atoms with Crippen LogP contribution in [0.3, 0.4) is 0 Å². The van der Waals surface area contributed by atoms with Gasteiger partial charge in [0, 0.05) is 10.2 Å². The fraction of sp³-hybridized carbons (Fsp3) is 1.00. The van der Waals surface area contributed by atoms with Gasteiger partial charge in [-0.25, -0.2) is 0 Å². The van der Waals surface area contributed by atoms with Crippen molar-refractivity contribution in [3.05, 3.63) is 0 Å². The quantitative estimate of drug-likeness (QED) is 0.610. The highest BCUT2D eigenvalue weighted by Crippen LogP contribution is 2.28. The largest absolute Gasteiger partial charge is 0.393 e. The zero-order valence-electron chi connectivity index (χ0n) is 5.06. The zero-order chi connectivity index (χ0) is 6.85. The van der Waals surface area contributed by atoms with Gasteiger partial charge in [-0.2, -0.15) is 0 Å². The fourth-order valence-electron chi connectivity index (χ4n) is 1.06. The molecule has 0 aromatic rings. The van der Waals surface area contributed by atoms with Gasteiger partial charge in [0.1, 0.15) is 0 Å². The van der Waals surface area contributed by atoms with Crippen molar-refractivity contribution in [3.63, 3.8) is 0 Å². The first-order valence-electron chi connectivity index (χ1n) is 3.16. The third-order valence-electron chi connectivity index (χ3n) is 1.67. The molecule has 3 atom stereocenters. The van der Waals surface area contributed by atoms with E-state index in [1.807, 2.05) is 0 Å². The van der Waals surface area contributed by atoms with E-state index in [1.165, 1.54) is 0 Å². The Morgan fingerprint density at radius 1 is 1.44 bits per heavy atom. The molecule has 1 nitrogen and oxygen atoms in total. The summed E-state index contributed by atoms with van der Waals surface area (Å²) in [5, 5.41) is 9.21. The maximum Gasteiger partial charge on any atom is 0.0555 e. The van der Waals surface area contributed by atoms with E-state index in [2.05, 4.69) is 15.9 Å². The van der Waals surface area contributed by atoms with E-state index < -0.39 is 0 Å². The second kappa shape index (κ2) is 3.22. The Labute approximate surface area is 68.5 Å². The first kappa shape index (κ1) is 7.83. The topological polar surface area (TPSA) is 20.2 Å². The molecule has 1 aliphatic carbocycles. The molecule has 0 aromatic heterocycles. The first-order valence-corrected chi connectivity index (χ1v) is 4.51.